The van der Waals surface area contributed by atoms with Gasteiger partial charge < -0.3 is 4.90 Å². The molecular weight excluding hydrogens is 344 g/mol. The van der Waals surface area contributed by atoms with E-state index in [0.29, 0.717) is 12.0 Å². The number of hydrogen-bond donors (Lipinski definition) is 2. The summed E-state index contributed by atoms with van der Waals surface area (Å²) < 4.78 is 4.02. The number of hydrogen-bond acceptors (Lipinski definition) is 8. The van der Waals surface area contributed by atoms with Gasteiger partial charge in [-0.3, -0.25) is 5.43 Å². The van der Waals surface area contributed by atoms with Gasteiger partial charge in [0.15, 0.2) is 5.82 Å². The molecule has 1 aliphatic carbocycles. The summed E-state index contributed by atoms with van der Waals surface area (Å²) in [6.07, 6.45) is 8.88. The number of hydrazine groups is 1. The summed E-state index contributed by atoms with van der Waals surface area (Å²) in [6.45, 7) is 3.01. The maximum Gasteiger partial charge on any atom is 0.154 e. The molecule has 0 radical (unpaired) electrons. The predicted molar refractivity (Wildman–Crippen MR) is 97.7 cm³/mol. The molecule has 10 nitrogen and oxygen atoms in total. The van der Waals surface area contributed by atoms with Gasteiger partial charge >= 0.3 is 0 Å². The molecule has 146 valence electrons. The van der Waals surface area contributed by atoms with Crippen molar-refractivity contribution in [2.45, 2.75) is 62.6 Å². The van der Waals surface area contributed by atoms with Crippen molar-refractivity contribution in [2.24, 2.45) is 0 Å². The molecule has 5 rings (SSSR count). The molecule has 3 aliphatic rings. The fourth-order valence-electron chi connectivity index (χ4n) is 4.74. The van der Waals surface area contributed by atoms with Gasteiger partial charge in [-0.05, 0) is 56.2 Å². The minimum atomic E-state index is -0.0503. The molecule has 2 saturated heterocycles. The van der Waals surface area contributed by atoms with Crippen LogP contribution in [0, 0.1) is 0 Å². The van der Waals surface area contributed by atoms with Gasteiger partial charge in [0.2, 0.25) is 0 Å². The molecule has 2 unspecified atom stereocenters. The predicted octanol–water partition coefficient (Wildman–Crippen LogP) is 0.579. The molecule has 27 heavy (non-hydrogen) atoms. The molecule has 0 aromatic carbocycles. The molecule has 3 fully saturated rings. The molecule has 0 bridgehead atoms. The molecule has 2 aliphatic heterocycles. The first-order valence-corrected chi connectivity index (χ1v) is 10.2. The molecule has 2 N–H and O–H groups in total. The third-order valence-electron chi connectivity index (χ3n) is 6.36. The van der Waals surface area contributed by atoms with Crippen LogP contribution >= 0.6 is 0 Å². The molecule has 0 spiro atoms. The van der Waals surface area contributed by atoms with Crippen LogP contribution in [0.2, 0.25) is 0 Å². The molecule has 0 amide bonds. The Kier molecular flexibility index (Phi) is 4.62. The van der Waals surface area contributed by atoms with Crippen LogP contribution in [-0.2, 0) is 0 Å². The highest BCUT2D eigenvalue weighted by Gasteiger charge is 2.37. The van der Waals surface area contributed by atoms with Gasteiger partial charge in [0.25, 0.3) is 0 Å². The van der Waals surface area contributed by atoms with Gasteiger partial charge in [0.05, 0.1) is 12.0 Å². The Morgan fingerprint density at radius 2 is 1.93 bits per heavy atom. The third-order valence-corrected chi connectivity index (χ3v) is 6.36. The van der Waals surface area contributed by atoms with E-state index < -0.39 is 0 Å². The van der Waals surface area contributed by atoms with Gasteiger partial charge in [0.1, 0.15) is 18.3 Å². The number of aromatic nitrogens is 7. The summed E-state index contributed by atoms with van der Waals surface area (Å²) in [5, 5.41) is 16.8. The van der Waals surface area contributed by atoms with E-state index in [-0.39, 0.29) is 12.1 Å². The quantitative estimate of drug-likeness (QED) is 0.804. The summed E-state index contributed by atoms with van der Waals surface area (Å²) in [4.78, 5) is 7.50. The lowest BCUT2D eigenvalue weighted by Crippen LogP contribution is -2.34. The second-order valence-corrected chi connectivity index (χ2v) is 8.16. The van der Waals surface area contributed by atoms with Crippen LogP contribution in [0.1, 0.15) is 74.2 Å². The highest BCUT2D eigenvalue weighted by molar-refractivity contribution is 5.10. The first kappa shape index (κ1) is 17.2. The van der Waals surface area contributed by atoms with Crippen LogP contribution in [0.3, 0.4) is 0 Å². The van der Waals surface area contributed by atoms with Crippen LogP contribution < -0.4 is 10.9 Å². The highest BCUT2D eigenvalue weighted by atomic mass is 15.6. The van der Waals surface area contributed by atoms with E-state index in [1.54, 1.807) is 11.0 Å². The Hall–Kier alpha value is -1.91. The smallest absolute Gasteiger partial charge is 0.154 e. The average molecular weight is 372 g/mol. The Balaban J connectivity index is 1.49. The zero-order valence-corrected chi connectivity index (χ0v) is 15.8. The minimum Gasteiger partial charge on any atom is -0.306 e. The van der Waals surface area contributed by atoms with Gasteiger partial charge in [-0.25, -0.2) is 19.8 Å². The maximum absolute atomic E-state index is 5.10. The van der Waals surface area contributed by atoms with E-state index in [0.717, 1.165) is 44.1 Å². The van der Waals surface area contributed by atoms with Crippen LogP contribution in [0.25, 0.3) is 0 Å². The molecule has 2 atom stereocenters. The molecule has 2 aromatic rings. The number of tetrazole rings is 1. The van der Waals surface area contributed by atoms with Gasteiger partial charge in [-0.1, -0.05) is 12.8 Å². The monoisotopic (exact) mass is 372 g/mol. The summed E-state index contributed by atoms with van der Waals surface area (Å²) in [6, 6.07) is 0.425. The second kappa shape index (κ2) is 7.25. The van der Waals surface area contributed by atoms with Gasteiger partial charge in [-0.15, -0.1) is 5.10 Å². The van der Waals surface area contributed by atoms with E-state index in [1.807, 2.05) is 0 Å². The normalized spacial score (nSPS) is 28.3. The zero-order chi connectivity index (χ0) is 18.2. The number of rotatable bonds is 4. The Morgan fingerprint density at radius 3 is 2.67 bits per heavy atom. The van der Waals surface area contributed by atoms with Gasteiger partial charge in [0, 0.05) is 12.5 Å². The topological polar surface area (TPSA) is 102 Å². The number of nitrogens with zero attached hydrogens (tertiary/aromatic N) is 8. The summed E-state index contributed by atoms with van der Waals surface area (Å²) in [5.74, 6) is 2.79. The van der Waals surface area contributed by atoms with Crippen molar-refractivity contribution in [1.82, 2.24) is 50.7 Å². The van der Waals surface area contributed by atoms with Crippen LogP contribution in [0.15, 0.2) is 6.33 Å². The zero-order valence-electron chi connectivity index (χ0n) is 15.8. The fourth-order valence-corrected chi connectivity index (χ4v) is 4.74. The Morgan fingerprint density at radius 1 is 1.11 bits per heavy atom. The number of nitrogens with one attached hydrogen (secondary N) is 2. The van der Waals surface area contributed by atoms with Crippen molar-refractivity contribution >= 4 is 0 Å². The number of piperidine rings is 1. The minimum absolute atomic E-state index is 0.0503. The lowest BCUT2D eigenvalue weighted by atomic mass is 10.0. The fraction of sp³-hybridized carbons (Fsp3) is 0.824. The van der Waals surface area contributed by atoms with Crippen molar-refractivity contribution in [3.63, 3.8) is 0 Å². The summed E-state index contributed by atoms with van der Waals surface area (Å²) in [7, 11) is 2.20. The molecular formula is C17H28N10. The van der Waals surface area contributed by atoms with E-state index in [4.69, 9.17) is 10.1 Å². The third kappa shape index (κ3) is 3.26. The van der Waals surface area contributed by atoms with Crippen molar-refractivity contribution in [3.05, 3.63) is 18.0 Å². The average Bonchev–Trinajstić information content (AvgIpc) is 3.48. The van der Waals surface area contributed by atoms with Crippen LogP contribution in [0.5, 0.6) is 0 Å². The van der Waals surface area contributed by atoms with E-state index >= 15 is 0 Å². The second-order valence-electron chi connectivity index (χ2n) is 8.16. The molecule has 1 saturated carbocycles. The standard InChI is InChI=1S/C17H28N10/c1-25-8-6-13(7-9-25)27-16(20-15(22-27)12-4-2-3-5-12)14-10-18-21-17(14)26-11-19-23-24-26/h11-14,17-18,21H,2-10H2,1H3. The summed E-state index contributed by atoms with van der Waals surface area (Å²) >= 11 is 0. The van der Waals surface area contributed by atoms with Crippen molar-refractivity contribution in [1.29, 1.82) is 0 Å². The van der Waals surface area contributed by atoms with Gasteiger partial charge in [-0.2, -0.15) is 5.10 Å². The molecule has 10 heteroatoms. The van der Waals surface area contributed by atoms with Crippen molar-refractivity contribution < 1.29 is 0 Å². The SMILES string of the molecule is CN1CCC(n2nc(C3CCCC3)nc2C2CNNC2n2cnnn2)CC1. The first-order chi connectivity index (χ1) is 13.3. The largest absolute Gasteiger partial charge is 0.306 e. The first-order valence-electron chi connectivity index (χ1n) is 10.2. The highest BCUT2D eigenvalue weighted by Crippen LogP contribution is 2.36. The lowest BCUT2D eigenvalue weighted by Gasteiger charge is -2.30. The molecule has 4 heterocycles. The van der Waals surface area contributed by atoms with E-state index in [9.17, 15) is 0 Å². The van der Waals surface area contributed by atoms with Crippen molar-refractivity contribution in [3.8, 4) is 0 Å². The summed E-state index contributed by atoms with van der Waals surface area (Å²) in [5.41, 5.74) is 6.57. The Bertz CT molecular complexity index is 742. The maximum atomic E-state index is 5.10. The van der Waals surface area contributed by atoms with E-state index in [1.165, 1.54) is 25.7 Å². The number of likely N-dealkylation sites (tertiary alicyclic amines) is 1. The Labute approximate surface area is 158 Å². The lowest BCUT2D eigenvalue weighted by molar-refractivity contribution is 0.205. The van der Waals surface area contributed by atoms with Crippen molar-refractivity contribution in [2.75, 3.05) is 26.7 Å². The molecule has 2 aromatic heterocycles. The van der Waals surface area contributed by atoms with Crippen LogP contribution in [0.4, 0.5) is 0 Å². The van der Waals surface area contributed by atoms with Crippen LogP contribution in [-0.4, -0.2) is 66.6 Å². The van der Waals surface area contributed by atoms with E-state index in [2.05, 4.69) is 43.0 Å².